The van der Waals surface area contributed by atoms with Gasteiger partial charge in [-0.2, -0.15) is 10.2 Å². The van der Waals surface area contributed by atoms with Gasteiger partial charge in [-0.25, -0.2) is 4.98 Å². The summed E-state index contributed by atoms with van der Waals surface area (Å²) in [6, 6.07) is 10.7. The van der Waals surface area contributed by atoms with Crippen molar-refractivity contribution in [3.8, 4) is 17.8 Å². The number of benzene rings is 1. The third kappa shape index (κ3) is 2.71. The molecule has 0 amide bonds. The molecule has 1 aromatic heterocycles. The molecule has 5 heteroatoms. The minimum Gasteiger partial charge on any atom is -0.423 e. The van der Waals surface area contributed by atoms with Crippen LogP contribution in [0.4, 0.5) is 0 Å². The quantitative estimate of drug-likeness (QED) is 0.816. The van der Waals surface area contributed by atoms with Gasteiger partial charge >= 0.3 is 6.01 Å². The fourth-order valence-electron chi connectivity index (χ4n) is 1.27. The van der Waals surface area contributed by atoms with Gasteiger partial charge < -0.3 is 4.74 Å². The summed E-state index contributed by atoms with van der Waals surface area (Å²) >= 11 is 5.94. The van der Waals surface area contributed by atoms with Crippen LogP contribution >= 0.6 is 11.6 Å². The monoisotopic (exact) mass is 245 g/mol. The topological polar surface area (TPSA) is 58.8 Å². The zero-order valence-electron chi connectivity index (χ0n) is 9.01. The average Bonchev–Trinajstić information content (AvgIpc) is 2.31. The molecule has 0 aliphatic carbocycles. The highest BCUT2D eigenvalue weighted by molar-refractivity contribution is 6.32. The third-order valence-corrected chi connectivity index (χ3v) is 2.30. The minimum atomic E-state index is 0.120. The summed E-state index contributed by atoms with van der Waals surface area (Å²) in [5, 5.41) is 9.25. The molecule has 2 aromatic rings. The van der Waals surface area contributed by atoms with Crippen molar-refractivity contribution in [2.24, 2.45) is 0 Å². The van der Waals surface area contributed by atoms with E-state index in [-0.39, 0.29) is 11.7 Å². The maximum absolute atomic E-state index is 8.79. The minimum absolute atomic E-state index is 0.120. The van der Waals surface area contributed by atoms with E-state index in [2.05, 4.69) is 9.97 Å². The number of ether oxygens (including phenoxy) is 1. The van der Waals surface area contributed by atoms with Gasteiger partial charge in [0.15, 0.2) is 0 Å². The molecule has 0 N–H and O–H groups in total. The lowest BCUT2D eigenvalue weighted by Gasteiger charge is -2.05. The van der Waals surface area contributed by atoms with E-state index in [1.165, 1.54) is 0 Å². The summed E-state index contributed by atoms with van der Waals surface area (Å²) < 4.78 is 5.43. The zero-order chi connectivity index (χ0) is 12.3. The van der Waals surface area contributed by atoms with Crippen LogP contribution in [0.15, 0.2) is 30.3 Å². The van der Waals surface area contributed by atoms with E-state index in [1.807, 2.05) is 6.07 Å². The fraction of sp³-hybridized carbons (Fsp3) is 0.0833. The largest absolute Gasteiger partial charge is 0.423 e. The molecule has 1 aromatic carbocycles. The van der Waals surface area contributed by atoms with Crippen molar-refractivity contribution in [3.05, 3.63) is 46.7 Å². The standard InChI is InChI=1S/C12H8ClN3O/c1-8-6-9(7-14)16-12(15-8)17-11-5-3-2-4-10(11)13/h2-6H,1H3. The summed E-state index contributed by atoms with van der Waals surface area (Å²) in [5.74, 6) is 0.462. The van der Waals surface area contributed by atoms with Gasteiger partial charge in [-0.05, 0) is 25.1 Å². The van der Waals surface area contributed by atoms with Gasteiger partial charge in [-0.1, -0.05) is 23.7 Å². The summed E-state index contributed by atoms with van der Waals surface area (Å²) in [4.78, 5) is 8.01. The Labute approximate surface area is 103 Å². The summed E-state index contributed by atoms with van der Waals surface area (Å²) in [7, 11) is 0. The van der Waals surface area contributed by atoms with Crippen molar-refractivity contribution >= 4 is 11.6 Å². The van der Waals surface area contributed by atoms with Crippen molar-refractivity contribution < 1.29 is 4.74 Å². The number of nitriles is 1. The van der Waals surface area contributed by atoms with Crippen LogP contribution in [-0.2, 0) is 0 Å². The smallest absolute Gasteiger partial charge is 0.323 e. The number of hydrogen-bond acceptors (Lipinski definition) is 4. The van der Waals surface area contributed by atoms with Crippen molar-refractivity contribution in [3.63, 3.8) is 0 Å². The fourth-order valence-corrected chi connectivity index (χ4v) is 1.44. The number of aromatic nitrogens is 2. The molecule has 0 aliphatic rings. The number of rotatable bonds is 2. The lowest BCUT2D eigenvalue weighted by atomic mass is 10.3. The average molecular weight is 246 g/mol. The first kappa shape index (κ1) is 11.4. The molecule has 0 aliphatic heterocycles. The Bertz CT molecular complexity index is 593. The number of aryl methyl sites for hydroxylation is 1. The Morgan fingerprint density at radius 1 is 1.29 bits per heavy atom. The van der Waals surface area contributed by atoms with Crippen molar-refractivity contribution in [2.75, 3.05) is 0 Å². The first-order valence-electron chi connectivity index (χ1n) is 4.87. The van der Waals surface area contributed by atoms with E-state index >= 15 is 0 Å². The normalized spacial score (nSPS) is 9.71. The van der Waals surface area contributed by atoms with Crippen LogP contribution in [0, 0.1) is 18.3 Å². The lowest BCUT2D eigenvalue weighted by Crippen LogP contribution is -1.96. The van der Waals surface area contributed by atoms with Crippen LogP contribution in [0.5, 0.6) is 11.8 Å². The van der Waals surface area contributed by atoms with Crippen LogP contribution in [0.2, 0.25) is 5.02 Å². The van der Waals surface area contributed by atoms with Gasteiger partial charge in [0.25, 0.3) is 0 Å². The Hall–Kier alpha value is -2.12. The lowest BCUT2D eigenvalue weighted by molar-refractivity contribution is 0.440. The molecule has 0 atom stereocenters. The van der Waals surface area contributed by atoms with Crippen LogP contribution in [0.1, 0.15) is 11.4 Å². The molecule has 0 saturated carbocycles. The Balaban J connectivity index is 2.34. The summed E-state index contributed by atoms with van der Waals surface area (Å²) in [6.07, 6.45) is 0. The van der Waals surface area contributed by atoms with Crippen LogP contribution in [-0.4, -0.2) is 9.97 Å². The van der Waals surface area contributed by atoms with E-state index in [4.69, 9.17) is 21.6 Å². The molecular formula is C12H8ClN3O. The predicted octanol–water partition coefficient (Wildman–Crippen LogP) is 3.10. The zero-order valence-corrected chi connectivity index (χ0v) is 9.77. The van der Waals surface area contributed by atoms with Gasteiger partial charge in [0.05, 0.1) is 5.02 Å². The molecule has 0 bridgehead atoms. The molecule has 0 saturated heterocycles. The van der Waals surface area contributed by atoms with Gasteiger partial charge in [-0.3, -0.25) is 0 Å². The van der Waals surface area contributed by atoms with Gasteiger partial charge in [0.1, 0.15) is 17.5 Å². The van der Waals surface area contributed by atoms with Crippen LogP contribution in [0.3, 0.4) is 0 Å². The van der Waals surface area contributed by atoms with E-state index in [1.54, 1.807) is 37.3 Å². The second kappa shape index (κ2) is 4.81. The van der Waals surface area contributed by atoms with Crippen molar-refractivity contribution in [1.82, 2.24) is 9.97 Å². The second-order valence-electron chi connectivity index (χ2n) is 3.32. The third-order valence-electron chi connectivity index (χ3n) is 1.99. The first-order chi connectivity index (χ1) is 8.19. The van der Waals surface area contributed by atoms with Crippen LogP contribution in [0.25, 0.3) is 0 Å². The van der Waals surface area contributed by atoms with E-state index < -0.39 is 0 Å². The number of hydrogen-bond donors (Lipinski definition) is 0. The Morgan fingerprint density at radius 3 is 2.76 bits per heavy atom. The molecule has 2 rings (SSSR count). The molecule has 1 heterocycles. The summed E-state index contributed by atoms with van der Waals surface area (Å²) in [6.45, 7) is 1.77. The van der Waals surface area contributed by atoms with Crippen LogP contribution < -0.4 is 4.74 Å². The van der Waals surface area contributed by atoms with Gasteiger partial charge in [-0.15, -0.1) is 0 Å². The Kier molecular flexibility index (Phi) is 3.22. The SMILES string of the molecule is Cc1cc(C#N)nc(Oc2ccccc2Cl)n1. The molecule has 0 radical (unpaired) electrons. The molecule has 17 heavy (non-hydrogen) atoms. The van der Waals surface area contributed by atoms with Gasteiger partial charge in [0, 0.05) is 5.69 Å². The highest BCUT2D eigenvalue weighted by atomic mass is 35.5. The molecule has 4 nitrogen and oxygen atoms in total. The van der Waals surface area contributed by atoms with E-state index in [9.17, 15) is 0 Å². The predicted molar refractivity (Wildman–Crippen MR) is 63.0 cm³/mol. The van der Waals surface area contributed by atoms with Crippen molar-refractivity contribution in [1.29, 1.82) is 5.26 Å². The highest BCUT2D eigenvalue weighted by Crippen LogP contribution is 2.26. The molecule has 0 spiro atoms. The number of nitrogens with zero attached hydrogens (tertiary/aromatic N) is 3. The Morgan fingerprint density at radius 2 is 2.06 bits per heavy atom. The van der Waals surface area contributed by atoms with E-state index in [0.29, 0.717) is 16.5 Å². The molecule has 0 unspecified atom stereocenters. The molecule has 84 valence electrons. The highest BCUT2D eigenvalue weighted by Gasteiger charge is 2.06. The molecular weight excluding hydrogens is 238 g/mol. The van der Waals surface area contributed by atoms with E-state index in [0.717, 1.165) is 0 Å². The summed E-state index contributed by atoms with van der Waals surface area (Å²) in [5.41, 5.74) is 0.929. The maximum Gasteiger partial charge on any atom is 0.323 e. The second-order valence-corrected chi connectivity index (χ2v) is 3.73. The number of para-hydroxylation sites is 1. The van der Waals surface area contributed by atoms with Crippen molar-refractivity contribution in [2.45, 2.75) is 6.92 Å². The molecule has 0 fully saturated rings. The van der Waals surface area contributed by atoms with Gasteiger partial charge in [0.2, 0.25) is 0 Å². The maximum atomic E-state index is 8.79. The number of halogens is 1. The first-order valence-corrected chi connectivity index (χ1v) is 5.25.